The maximum absolute atomic E-state index is 12.5. The van der Waals surface area contributed by atoms with Crippen molar-refractivity contribution in [1.82, 2.24) is 19.9 Å². The summed E-state index contributed by atoms with van der Waals surface area (Å²) in [5.74, 6) is -0.174. The highest BCUT2D eigenvalue weighted by molar-refractivity contribution is 7.21. The molecule has 6 rings (SSSR count). The zero-order valence-corrected chi connectivity index (χ0v) is 23.0. The van der Waals surface area contributed by atoms with Gasteiger partial charge in [0.1, 0.15) is 33.3 Å². The van der Waals surface area contributed by atoms with Gasteiger partial charge >= 0.3 is 6.36 Å². The Labute approximate surface area is 236 Å². The molecule has 0 bridgehead atoms. The smallest absolute Gasteiger partial charge is 0.406 e. The van der Waals surface area contributed by atoms with Crippen LogP contribution in [0, 0.1) is 12.8 Å². The number of aliphatic hydroxyl groups excluding tert-OH is 1. The van der Waals surface area contributed by atoms with Gasteiger partial charge in [-0.05, 0) is 51.0 Å². The Kier molecular flexibility index (Phi) is 6.37. The standard InChI is InChI=1S/C27H27F3N6O4S/c1-12(14-4-6-15(7-5-14)40-27(28,29)30)32-24-33-13(2)20(23-34-17-11-31-9-8-18(17)41-23)22(36-24)35-19-10-16-21(37)26(16,39)25(19,3)38/h4-9,11-12,16,19,21,37-39H,10H2,1-3H3,(H2,32,33,35,36). The van der Waals surface area contributed by atoms with Crippen molar-refractivity contribution in [2.45, 2.75) is 62.9 Å². The van der Waals surface area contributed by atoms with Gasteiger partial charge in [-0.3, -0.25) is 4.98 Å². The molecule has 6 atom stereocenters. The lowest BCUT2D eigenvalue weighted by Crippen LogP contribution is -2.53. The van der Waals surface area contributed by atoms with Gasteiger partial charge < -0.3 is 30.7 Å². The van der Waals surface area contributed by atoms with Gasteiger partial charge in [0.15, 0.2) is 0 Å². The number of anilines is 2. The molecule has 3 heterocycles. The van der Waals surface area contributed by atoms with E-state index in [0.717, 1.165) is 4.70 Å². The number of nitrogens with zero attached hydrogens (tertiary/aromatic N) is 4. The van der Waals surface area contributed by atoms with Gasteiger partial charge in [-0.15, -0.1) is 24.5 Å². The highest BCUT2D eigenvalue weighted by Crippen LogP contribution is 2.61. The SMILES string of the molecule is Cc1nc(NC(C)c2ccc(OC(F)(F)F)cc2)nc(NC2CC3C(O)C3(O)C2(C)O)c1-c1nc2cnccc2s1. The second-order valence-electron chi connectivity index (χ2n) is 10.7. The van der Waals surface area contributed by atoms with Crippen LogP contribution < -0.4 is 15.4 Å². The zero-order chi connectivity index (χ0) is 29.3. The molecular formula is C27H27F3N6O4S. The van der Waals surface area contributed by atoms with Crippen molar-refractivity contribution in [3.63, 3.8) is 0 Å². The molecule has 41 heavy (non-hydrogen) atoms. The summed E-state index contributed by atoms with van der Waals surface area (Å²) in [5, 5.41) is 39.3. The summed E-state index contributed by atoms with van der Waals surface area (Å²) >= 11 is 1.43. The minimum Gasteiger partial charge on any atom is -0.406 e. The minimum absolute atomic E-state index is 0.237. The molecule has 14 heteroatoms. The van der Waals surface area contributed by atoms with E-state index >= 15 is 0 Å². The van der Waals surface area contributed by atoms with Gasteiger partial charge in [-0.25, -0.2) is 9.97 Å². The summed E-state index contributed by atoms with van der Waals surface area (Å²) in [6, 6.07) is 6.34. The molecule has 6 unspecified atom stereocenters. The van der Waals surface area contributed by atoms with Crippen LogP contribution in [0.15, 0.2) is 42.7 Å². The third-order valence-corrected chi connectivity index (χ3v) is 9.08. The number of halogens is 3. The van der Waals surface area contributed by atoms with Gasteiger partial charge in [0.25, 0.3) is 0 Å². The number of aromatic nitrogens is 4. The molecule has 1 aromatic carbocycles. The first-order chi connectivity index (χ1) is 19.3. The molecule has 0 spiro atoms. The second-order valence-corrected chi connectivity index (χ2v) is 11.7. The first-order valence-electron chi connectivity index (χ1n) is 12.9. The summed E-state index contributed by atoms with van der Waals surface area (Å²) in [5.41, 5.74) is -0.661. The molecule has 3 aromatic heterocycles. The molecule has 10 nitrogen and oxygen atoms in total. The van der Waals surface area contributed by atoms with Crippen LogP contribution in [0.5, 0.6) is 5.75 Å². The Morgan fingerprint density at radius 3 is 2.49 bits per heavy atom. The number of aliphatic hydroxyl groups is 3. The van der Waals surface area contributed by atoms with E-state index in [1.165, 1.54) is 42.5 Å². The van der Waals surface area contributed by atoms with Crippen molar-refractivity contribution in [3.8, 4) is 16.3 Å². The number of benzene rings is 1. The lowest BCUT2D eigenvalue weighted by molar-refractivity contribution is -0.274. The molecule has 0 saturated heterocycles. The molecule has 2 saturated carbocycles. The van der Waals surface area contributed by atoms with Gasteiger partial charge in [-0.1, -0.05) is 12.1 Å². The van der Waals surface area contributed by atoms with Crippen molar-refractivity contribution in [1.29, 1.82) is 0 Å². The van der Waals surface area contributed by atoms with Gasteiger partial charge in [0, 0.05) is 12.1 Å². The lowest BCUT2D eigenvalue weighted by atomic mass is 9.91. The number of rotatable bonds is 7. The Bertz CT molecular complexity index is 1580. The van der Waals surface area contributed by atoms with Crippen LogP contribution in [0.1, 0.15) is 37.6 Å². The number of ether oxygens (including phenoxy) is 1. The highest BCUT2D eigenvalue weighted by Gasteiger charge is 2.79. The van der Waals surface area contributed by atoms with Crippen LogP contribution in [0.4, 0.5) is 24.9 Å². The summed E-state index contributed by atoms with van der Waals surface area (Å²) in [6.45, 7) is 5.10. The number of alkyl halides is 3. The predicted octanol–water partition coefficient (Wildman–Crippen LogP) is 4.19. The molecule has 2 fully saturated rings. The van der Waals surface area contributed by atoms with Crippen LogP contribution in [0.25, 0.3) is 20.8 Å². The lowest BCUT2D eigenvalue weighted by Gasteiger charge is -2.34. The van der Waals surface area contributed by atoms with Crippen molar-refractivity contribution in [2.24, 2.45) is 5.92 Å². The monoisotopic (exact) mass is 588 g/mol. The molecule has 0 amide bonds. The average molecular weight is 589 g/mol. The largest absolute Gasteiger partial charge is 0.573 e. The van der Waals surface area contributed by atoms with Crippen molar-refractivity contribution < 1.29 is 33.2 Å². The first kappa shape index (κ1) is 27.6. The maximum Gasteiger partial charge on any atom is 0.573 e. The molecule has 5 N–H and O–H groups in total. The van der Waals surface area contributed by atoms with E-state index in [1.807, 2.05) is 13.0 Å². The summed E-state index contributed by atoms with van der Waals surface area (Å²) in [7, 11) is 0. The number of pyridine rings is 1. The van der Waals surface area contributed by atoms with E-state index in [9.17, 15) is 28.5 Å². The van der Waals surface area contributed by atoms with Gasteiger partial charge in [0.05, 0.1) is 40.3 Å². The number of thiazole rings is 1. The fourth-order valence-electron chi connectivity index (χ4n) is 5.66. The normalized spacial score (nSPS) is 27.9. The first-order valence-corrected chi connectivity index (χ1v) is 13.7. The van der Waals surface area contributed by atoms with E-state index in [1.54, 1.807) is 19.3 Å². The number of aryl methyl sites for hydroxylation is 1. The summed E-state index contributed by atoms with van der Waals surface area (Å²) in [6.07, 6.45) is -2.11. The van der Waals surface area contributed by atoms with Crippen LogP contribution >= 0.6 is 11.3 Å². The van der Waals surface area contributed by atoms with Gasteiger partial charge in [-0.2, -0.15) is 4.98 Å². The fraction of sp³-hybridized carbons (Fsp3) is 0.407. The number of nitrogens with one attached hydrogen (secondary N) is 2. The number of fused-ring (bicyclic) bond motifs is 2. The Morgan fingerprint density at radius 2 is 1.85 bits per heavy atom. The molecule has 0 radical (unpaired) electrons. The quantitative estimate of drug-likeness (QED) is 0.213. The Balaban J connectivity index is 1.33. The molecule has 2 aliphatic carbocycles. The topological polar surface area (TPSA) is 146 Å². The second kappa shape index (κ2) is 9.48. The third kappa shape index (κ3) is 4.74. The zero-order valence-electron chi connectivity index (χ0n) is 22.1. The van der Waals surface area contributed by atoms with Crippen molar-refractivity contribution >= 4 is 33.3 Å². The fourth-order valence-corrected chi connectivity index (χ4v) is 6.69. The highest BCUT2D eigenvalue weighted by atomic mass is 32.1. The number of hydrogen-bond donors (Lipinski definition) is 5. The minimum atomic E-state index is -4.78. The molecule has 216 valence electrons. The third-order valence-electron chi connectivity index (χ3n) is 8.03. The van der Waals surface area contributed by atoms with Crippen LogP contribution in [-0.2, 0) is 0 Å². The molecule has 4 aromatic rings. The van der Waals surface area contributed by atoms with Crippen molar-refractivity contribution in [3.05, 3.63) is 54.0 Å². The predicted molar refractivity (Wildman–Crippen MR) is 145 cm³/mol. The van der Waals surface area contributed by atoms with E-state index < -0.39 is 35.6 Å². The van der Waals surface area contributed by atoms with Crippen LogP contribution in [0.3, 0.4) is 0 Å². The Morgan fingerprint density at radius 1 is 1.12 bits per heavy atom. The van der Waals surface area contributed by atoms with Crippen LogP contribution in [0.2, 0.25) is 0 Å². The van der Waals surface area contributed by atoms with E-state index in [2.05, 4.69) is 25.3 Å². The molecule has 0 aliphatic heterocycles. The molecular weight excluding hydrogens is 561 g/mol. The van der Waals surface area contributed by atoms with Crippen LogP contribution in [-0.4, -0.2) is 65.0 Å². The summed E-state index contributed by atoms with van der Waals surface area (Å²) in [4.78, 5) is 18.2. The van der Waals surface area contributed by atoms with Crippen molar-refractivity contribution in [2.75, 3.05) is 10.6 Å². The number of hydrogen-bond acceptors (Lipinski definition) is 11. The Hall–Kier alpha value is -3.59. The van der Waals surface area contributed by atoms with Gasteiger partial charge in [0.2, 0.25) is 5.95 Å². The average Bonchev–Trinajstić information content (AvgIpc) is 3.16. The van der Waals surface area contributed by atoms with E-state index in [0.29, 0.717) is 39.6 Å². The maximum atomic E-state index is 12.5. The summed E-state index contributed by atoms with van der Waals surface area (Å²) < 4.78 is 42.5. The molecule has 2 aliphatic rings. The van der Waals surface area contributed by atoms with E-state index in [-0.39, 0.29) is 17.7 Å². The van der Waals surface area contributed by atoms with E-state index in [4.69, 9.17) is 9.97 Å².